The summed E-state index contributed by atoms with van der Waals surface area (Å²) in [6.07, 6.45) is 16.9. The molecule has 0 aliphatic heterocycles. The molecule has 0 nitrogen and oxygen atoms in total. The summed E-state index contributed by atoms with van der Waals surface area (Å²) in [5, 5.41) is 0. The molecule has 0 aromatic rings. The Labute approximate surface area is 110 Å². The average molecular weight is 254 g/mol. The van der Waals surface area contributed by atoms with Crippen LogP contribution < -0.4 is 0 Å². The molecule has 2 fully saturated rings. The molecule has 0 saturated heterocycles. The van der Waals surface area contributed by atoms with Crippen LogP contribution in [0.2, 0.25) is 0 Å². The Morgan fingerprint density at radius 2 is 1.18 bits per heavy atom. The summed E-state index contributed by atoms with van der Waals surface area (Å²) in [5.41, 5.74) is 3.42. The van der Waals surface area contributed by atoms with E-state index in [1.807, 2.05) is 0 Å². The molecule has 0 amide bonds. The molecule has 0 aromatic heterocycles. The zero-order valence-electron chi connectivity index (χ0n) is 12.0. The van der Waals surface area contributed by atoms with E-state index in [0.29, 0.717) is 7.92 Å². The largest absolute Gasteiger partial charge is 0.0972 e. The third-order valence-electron chi connectivity index (χ3n) is 5.11. The molecular weight excluding hydrogens is 223 g/mol. The van der Waals surface area contributed by atoms with Gasteiger partial charge in [0.25, 0.3) is 0 Å². The monoisotopic (exact) mass is 254 g/mol. The van der Waals surface area contributed by atoms with Crippen LogP contribution in [0.15, 0.2) is 0 Å². The van der Waals surface area contributed by atoms with Crippen LogP contribution in [-0.2, 0) is 0 Å². The molecule has 2 rings (SSSR count). The molecule has 17 heavy (non-hydrogen) atoms. The van der Waals surface area contributed by atoms with Crippen molar-refractivity contribution in [2.24, 2.45) is 0 Å². The van der Waals surface area contributed by atoms with E-state index >= 15 is 0 Å². The molecule has 2 aliphatic carbocycles. The minimum atomic E-state index is 0.356. The second kappa shape index (κ2) is 7.13. The Morgan fingerprint density at radius 3 is 1.59 bits per heavy atom. The number of hydrogen-bond donors (Lipinski definition) is 0. The summed E-state index contributed by atoms with van der Waals surface area (Å²) in [4.78, 5) is 0. The van der Waals surface area contributed by atoms with Crippen molar-refractivity contribution in [1.29, 1.82) is 0 Å². The second-order valence-electron chi connectivity index (χ2n) is 6.15. The van der Waals surface area contributed by atoms with Gasteiger partial charge in [-0.05, 0) is 55.5 Å². The second-order valence-corrected chi connectivity index (χ2v) is 9.23. The van der Waals surface area contributed by atoms with Gasteiger partial charge in [0.15, 0.2) is 0 Å². The Morgan fingerprint density at radius 1 is 0.765 bits per heavy atom. The Balaban J connectivity index is 2.03. The molecule has 100 valence electrons. The quantitative estimate of drug-likeness (QED) is 0.533. The number of rotatable bonds is 5. The highest BCUT2D eigenvalue weighted by molar-refractivity contribution is 7.60. The predicted molar refractivity (Wildman–Crippen MR) is 80.4 cm³/mol. The van der Waals surface area contributed by atoms with Gasteiger partial charge in [-0.15, -0.1) is 0 Å². The fourth-order valence-corrected chi connectivity index (χ4v) is 8.74. The first-order chi connectivity index (χ1) is 8.36. The first-order valence-corrected chi connectivity index (χ1v) is 9.69. The first-order valence-electron chi connectivity index (χ1n) is 8.14. The third-order valence-corrected chi connectivity index (χ3v) is 9.40. The van der Waals surface area contributed by atoms with E-state index in [1.165, 1.54) is 44.9 Å². The normalized spacial score (nSPS) is 25.6. The molecule has 0 N–H and O–H groups in total. The van der Waals surface area contributed by atoms with Crippen molar-refractivity contribution in [2.75, 3.05) is 0 Å². The van der Waals surface area contributed by atoms with Crippen LogP contribution in [0.3, 0.4) is 0 Å². The SMILES string of the molecule is CCC(CC)P(C1CCCCC1)C1CCCC1. The third kappa shape index (κ3) is 3.46. The van der Waals surface area contributed by atoms with Crippen LogP contribution in [0.4, 0.5) is 0 Å². The molecule has 0 heterocycles. The molecular formula is C16H31P. The minimum Gasteiger partial charge on any atom is -0.0972 e. The first kappa shape index (κ1) is 13.9. The standard InChI is InChI=1S/C16H31P/c1-3-14(4-2)17(16-12-8-9-13-16)15-10-6-5-7-11-15/h14-16H,3-13H2,1-2H3. The highest BCUT2D eigenvalue weighted by atomic mass is 31.1. The van der Waals surface area contributed by atoms with Gasteiger partial charge in [-0.2, -0.15) is 0 Å². The molecule has 1 heteroatoms. The van der Waals surface area contributed by atoms with E-state index in [9.17, 15) is 0 Å². The van der Waals surface area contributed by atoms with Crippen LogP contribution in [0, 0.1) is 0 Å². The summed E-state index contributed by atoms with van der Waals surface area (Å²) in [6, 6.07) is 0. The van der Waals surface area contributed by atoms with Crippen LogP contribution in [0.5, 0.6) is 0 Å². The summed E-state index contributed by atoms with van der Waals surface area (Å²) in [6.45, 7) is 4.89. The van der Waals surface area contributed by atoms with Crippen LogP contribution >= 0.6 is 7.92 Å². The predicted octanol–water partition coefficient (Wildman–Crippen LogP) is 5.93. The molecule has 0 radical (unpaired) electrons. The van der Waals surface area contributed by atoms with Crippen LogP contribution in [0.1, 0.15) is 84.5 Å². The summed E-state index contributed by atoms with van der Waals surface area (Å²) in [7, 11) is 0.356. The molecule has 2 aliphatic rings. The van der Waals surface area contributed by atoms with Gasteiger partial charge < -0.3 is 0 Å². The van der Waals surface area contributed by atoms with Gasteiger partial charge in [0.05, 0.1) is 0 Å². The highest BCUT2D eigenvalue weighted by Gasteiger charge is 2.35. The van der Waals surface area contributed by atoms with Crippen molar-refractivity contribution in [3.8, 4) is 0 Å². The van der Waals surface area contributed by atoms with Gasteiger partial charge in [0, 0.05) is 0 Å². The van der Waals surface area contributed by atoms with Crippen molar-refractivity contribution >= 4 is 7.92 Å². The lowest BCUT2D eigenvalue weighted by molar-refractivity contribution is 0.504. The Hall–Kier alpha value is 0.430. The lowest BCUT2D eigenvalue weighted by Gasteiger charge is -2.40. The van der Waals surface area contributed by atoms with Crippen molar-refractivity contribution < 1.29 is 0 Å². The average Bonchev–Trinajstić information content (AvgIpc) is 2.90. The van der Waals surface area contributed by atoms with Crippen molar-refractivity contribution in [1.82, 2.24) is 0 Å². The van der Waals surface area contributed by atoms with Gasteiger partial charge in [0.1, 0.15) is 0 Å². The van der Waals surface area contributed by atoms with Gasteiger partial charge in [-0.25, -0.2) is 0 Å². The van der Waals surface area contributed by atoms with E-state index in [1.54, 1.807) is 25.7 Å². The highest BCUT2D eigenvalue weighted by Crippen LogP contribution is 2.60. The van der Waals surface area contributed by atoms with Crippen molar-refractivity contribution in [2.45, 2.75) is 101 Å². The smallest absolute Gasteiger partial charge is 0.0204 e. The fraction of sp³-hybridized carbons (Fsp3) is 1.00. The maximum atomic E-state index is 2.45. The summed E-state index contributed by atoms with van der Waals surface area (Å²) >= 11 is 0. The zero-order chi connectivity index (χ0) is 12.1. The molecule has 0 aromatic carbocycles. The molecule has 2 saturated carbocycles. The minimum absolute atomic E-state index is 0.356. The van der Waals surface area contributed by atoms with E-state index in [-0.39, 0.29) is 0 Å². The van der Waals surface area contributed by atoms with Gasteiger partial charge in [0.2, 0.25) is 0 Å². The number of hydrogen-bond acceptors (Lipinski definition) is 0. The van der Waals surface area contributed by atoms with E-state index in [4.69, 9.17) is 0 Å². The van der Waals surface area contributed by atoms with E-state index < -0.39 is 0 Å². The van der Waals surface area contributed by atoms with E-state index in [2.05, 4.69) is 13.8 Å². The van der Waals surface area contributed by atoms with Crippen molar-refractivity contribution in [3.05, 3.63) is 0 Å². The van der Waals surface area contributed by atoms with Crippen molar-refractivity contribution in [3.63, 3.8) is 0 Å². The van der Waals surface area contributed by atoms with Gasteiger partial charge in [-0.1, -0.05) is 53.9 Å². The molecule has 1 atom stereocenters. The van der Waals surface area contributed by atoms with Crippen LogP contribution in [-0.4, -0.2) is 17.0 Å². The maximum absolute atomic E-state index is 2.45. The van der Waals surface area contributed by atoms with E-state index in [0.717, 1.165) is 17.0 Å². The molecule has 0 spiro atoms. The topological polar surface area (TPSA) is 0 Å². The molecule has 1 unspecified atom stereocenters. The van der Waals surface area contributed by atoms with Crippen LogP contribution in [0.25, 0.3) is 0 Å². The lowest BCUT2D eigenvalue weighted by atomic mass is 10.0. The summed E-state index contributed by atoms with van der Waals surface area (Å²) in [5.74, 6) is 0. The maximum Gasteiger partial charge on any atom is -0.0204 e. The lowest BCUT2D eigenvalue weighted by Crippen LogP contribution is -2.23. The summed E-state index contributed by atoms with van der Waals surface area (Å²) < 4.78 is 0. The fourth-order valence-electron chi connectivity index (χ4n) is 4.19. The Bertz CT molecular complexity index is 196. The zero-order valence-corrected chi connectivity index (χ0v) is 12.9. The molecule has 0 bridgehead atoms. The van der Waals surface area contributed by atoms with Gasteiger partial charge in [-0.3, -0.25) is 0 Å². The van der Waals surface area contributed by atoms with Gasteiger partial charge >= 0.3 is 0 Å². The Kier molecular flexibility index (Phi) is 5.81.